The van der Waals surface area contributed by atoms with Gasteiger partial charge in [0, 0.05) is 7.05 Å². The summed E-state index contributed by atoms with van der Waals surface area (Å²) in [5.74, 6) is -0.716. The lowest BCUT2D eigenvalue weighted by Crippen LogP contribution is -2.25. The highest BCUT2D eigenvalue weighted by atomic mass is 16.5. The van der Waals surface area contributed by atoms with E-state index in [1.54, 1.807) is 43.4 Å². The van der Waals surface area contributed by atoms with Crippen molar-refractivity contribution in [3.8, 4) is 0 Å². The summed E-state index contributed by atoms with van der Waals surface area (Å²) in [6.45, 7) is 1.90. The Morgan fingerprint density at radius 1 is 1.11 bits per heavy atom. The lowest BCUT2D eigenvalue weighted by atomic mass is 9.97. The molecule has 2 aromatic carbocycles. The molecule has 0 bridgehead atoms. The monoisotopic (exact) mass is 363 g/mol. The summed E-state index contributed by atoms with van der Waals surface area (Å²) >= 11 is 0. The van der Waals surface area contributed by atoms with Crippen LogP contribution >= 0.6 is 0 Å². The Kier molecular flexibility index (Phi) is 3.84. The predicted octanol–water partition coefficient (Wildman–Crippen LogP) is 3.06. The summed E-state index contributed by atoms with van der Waals surface area (Å²) in [4.78, 5) is 39.0. The standard InChI is InChI=1S/C21H17NO5/c1-11-4-9-15-14(10-11)18(23)16-17(22(2)20(24)19(16)27-15)12-5-7-13(8-6-12)21(25)26-3/h4-10,17H,1-3H3. The number of amides is 1. The summed E-state index contributed by atoms with van der Waals surface area (Å²) in [5.41, 5.74) is 2.56. The van der Waals surface area contributed by atoms with Crippen LogP contribution in [-0.4, -0.2) is 30.9 Å². The molecule has 1 amide bonds. The highest BCUT2D eigenvalue weighted by Crippen LogP contribution is 2.37. The molecule has 2 heterocycles. The van der Waals surface area contributed by atoms with Gasteiger partial charge in [0.05, 0.1) is 29.7 Å². The van der Waals surface area contributed by atoms with Gasteiger partial charge in [-0.15, -0.1) is 0 Å². The molecule has 0 radical (unpaired) electrons. The molecular weight excluding hydrogens is 346 g/mol. The topological polar surface area (TPSA) is 76.8 Å². The van der Waals surface area contributed by atoms with Crippen molar-refractivity contribution in [2.45, 2.75) is 13.0 Å². The summed E-state index contributed by atoms with van der Waals surface area (Å²) in [7, 11) is 2.94. The van der Waals surface area contributed by atoms with Gasteiger partial charge in [-0.05, 0) is 36.8 Å². The molecule has 0 fully saturated rings. The Hall–Kier alpha value is -3.41. The second-order valence-corrected chi connectivity index (χ2v) is 6.61. The van der Waals surface area contributed by atoms with Crippen LogP contribution in [0.25, 0.3) is 11.0 Å². The third-order valence-electron chi connectivity index (χ3n) is 4.90. The fourth-order valence-electron chi connectivity index (χ4n) is 3.51. The predicted molar refractivity (Wildman–Crippen MR) is 98.9 cm³/mol. The second-order valence-electron chi connectivity index (χ2n) is 6.61. The van der Waals surface area contributed by atoms with Gasteiger partial charge in [-0.2, -0.15) is 0 Å². The lowest BCUT2D eigenvalue weighted by Gasteiger charge is -2.20. The first-order valence-electron chi connectivity index (χ1n) is 8.45. The van der Waals surface area contributed by atoms with Crippen LogP contribution in [0.2, 0.25) is 0 Å². The van der Waals surface area contributed by atoms with E-state index in [0.717, 1.165) is 11.1 Å². The van der Waals surface area contributed by atoms with Gasteiger partial charge in [-0.25, -0.2) is 4.79 Å². The fourth-order valence-corrected chi connectivity index (χ4v) is 3.51. The second kappa shape index (κ2) is 6.09. The van der Waals surface area contributed by atoms with Crippen LogP contribution in [-0.2, 0) is 4.74 Å². The smallest absolute Gasteiger partial charge is 0.337 e. The largest absolute Gasteiger partial charge is 0.465 e. The molecule has 1 aliphatic heterocycles. The van der Waals surface area contributed by atoms with Crippen molar-refractivity contribution in [2.24, 2.45) is 0 Å². The van der Waals surface area contributed by atoms with Gasteiger partial charge in [0.25, 0.3) is 5.91 Å². The van der Waals surface area contributed by atoms with Gasteiger partial charge in [0.15, 0.2) is 5.43 Å². The molecule has 0 N–H and O–H groups in total. The Labute approximate surface area is 155 Å². The zero-order chi connectivity index (χ0) is 19.3. The average molecular weight is 363 g/mol. The van der Waals surface area contributed by atoms with E-state index in [4.69, 9.17) is 9.15 Å². The zero-order valence-corrected chi connectivity index (χ0v) is 15.1. The van der Waals surface area contributed by atoms with Crippen LogP contribution in [0.4, 0.5) is 0 Å². The molecule has 0 saturated heterocycles. The number of hydrogen-bond donors (Lipinski definition) is 0. The number of fused-ring (bicyclic) bond motifs is 2. The van der Waals surface area contributed by atoms with Crippen molar-refractivity contribution in [1.82, 2.24) is 4.90 Å². The summed E-state index contributed by atoms with van der Waals surface area (Å²) in [6, 6.07) is 11.4. The molecule has 1 aromatic heterocycles. The minimum absolute atomic E-state index is 0.0703. The maximum absolute atomic E-state index is 13.2. The number of aryl methyl sites for hydroxylation is 1. The van der Waals surface area contributed by atoms with Gasteiger partial charge >= 0.3 is 5.97 Å². The van der Waals surface area contributed by atoms with Crippen LogP contribution in [0, 0.1) is 6.92 Å². The molecule has 1 aliphatic rings. The summed E-state index contributed by atoms with van der Waals surface area (Å²) < 4.78 is 10.5. The van der Waals surface area contributed by atoms with Crippen molar-refractivity contribution >= 4 is 22.8 Å². The number of carbonyl (C=O) groups excluding carboxylic acids is 2. The number of benzene rings is 2. The van der Waals surface area contributed by atoms with Crippen molar-refractivity contribution in [2.75, 3.05) is 14.2 Å². The highest BCUT2D eigenvalue weighted by Gasteiger charge is 2.40. The van der Waals surface area contributed by atoms with Crippen LogP contribution < -0.4 is 5.43 Å². The Balaban J connectivity index is 1.91. The highest BCUT2D eigenvalue weighted by molar-refractivity contribution is 5.99. The molecule has 1 atom stereocenters. The third kappa shape index (κ3) is 2.52. The molecule has 1 unspecified atom stereocenters. The quantitative estimate of drug-likeness (QED) is 0.654. The maximum Gasteiger partial charge on any atom is 0.337 e. The van der Waals surface area contributed by atoms with E-state index in [9.17, 15) is 14.4 Å². The number of hydrogen-bond acceptors (Lipinski definition) is 5. The van der Waals surface area contributed by atoms with Crippen molar-refractivity contribution in [3.63, 3.8) is 0 Å². The SMILES string of the molecule is COC(=O)c1ccc(C2c3c(oc4ccc(C)cc4c3=O)C(=O)N2C)cc1. The molecule has 3 aromatic rings. The Morgan fingerprint density at radius 3 is 2.48 bits per heavy atom. The third-order valence-corrected chi connectivity index (χ3v) is 4.90. The molecule has 0 spiro atoms. The van der Waals surface area contributed by atoms with Gasteiger partial charge in [0.2, 0.25) is 5.76 Å². The lowest BCUT2D eigenvalue weighted by molar-refractivity contribution is 0.0600. The van der Waals surface area contributed by atoms with Crippen LogP contribution in [0.15, 0.2) is 51.7 Å². The maximum atomic E-state index is 13.2. The van der Waals surface area contributed by atoms with Crippen LogP contribution in [0.3, 0.4) is 0 Å². The molecule has 6 heteroatoms. The van der Waals surface area contributed by atoms with Crippen molar-refractivity contribution in [3.05, 3.63) is 80.7 Å². The Morgan fingerprint density at radius 2 is 1.81 bits per heavy atom. The number of ether oxygens (including phenoxy) is 1. The molecule has 0 saturated carbocycles. The fraction of sp³-hybridized carbons (Fsp3) is 0.190. The van der Waals surface area contributed by atoms with E-state index in [1.807, 2.05) is 13.0 Å². The minimum atomic E-state index is -0.569. The molecule has 27 heavy (non-hydrogen) atoms. The normalized spacial score (nSPS) is 15.9. The van der Waals surface area contributed by atoms with E-state index in [-0.39, 0.29) is 17.1 Å². The van der Waals surface area contributed by atoms with Crippen LogP contribution in [0.5, 0.6) is 0 Å². The number of carbonyl (C=O) groups is 2. The van der Waals surface area contributed by atoms with Gasteiger partial charge in [0.1, 0.15) is 5.58 Å². The van der Waals surface area contributed by atoms with Crippen molar-refractivity contribution in [1.29, 1.82) is 0 Å². The molecule has 0 aliphatic carbocycles. The first-order chi connectivity index (χ1) is 12.9. The van der Waals surface area contributed by atoms with Crippen LogP contribution in [0.1, 0.15) is 43.6 Å². The summed E-state index contributed by atoms with van der Waals surface area (Å²) in [5, 5.41) is 0.452. The number of rotatable bonds is 2. The van der Waals surface area contributed by atoms with Gasteiger partial charge < -0.3 is 14.1 Å². The van der Waals surface area contributed by atoms with Crippen molar-refractivity contribution < 1.29 is 18.7 Å². The van der Waals surface area contributed by atoms with Gasteiger partial charge in [-0.1, -0.05) is 23.8 Å². The molecule has 4 rings (SSSR count). The molecular formula is C21H17NO5. The summed E-state index contributed by atoms with van der Waals surface area (Å²) in [6.07, 6.45) is 0. The van der Waals surface area contributed by atoms with E-state index in [1.165, 1.54) is 12.0 Å². The number of methoxy groups -OCH3 is 1. The average Bonchev–Trinajstić information content (AvgIpc) is 2.93. The van der Waals surface area contributed by atoms with E-state index in [2.05, 4.69) is 0 Å². The molecule has 136 valence electrons. The number of nitrogens with zero attached hydrogens (tertiary/aromatic N) is 1. The number of esters is 1. The van der Waals surface area contributed by atoms with E-state index < -0.39 is 12.0 Å². The first-order valence-corrected chi connectivity index (χ1v) is 8.45. The zero-order valence-electron chi connectivity index (χ0n) is 15.1. The minimum Gasteiger partial charge on any atom is -0.465 e. The van der Waals surface area contributed by atoms with Gasteiger partial charge in [-0.3, -0.25) is 9.59 Å². The van der Waals surface area contributed by atoms with E-state index >= 15 is 0 Å². The first kappa shape index (κ1) is 17.0. The molecule has 6 nitrogen and oxygen atoms in total. The Bertz CT molecular complexity index is 1140. The van der Waals surface area contributed by atoms with E-state index in [0.29, 0.717) is 22.1 Å².